The predicted octanol–water partition coefficient (Wildman–Crippen LogP) is 10.9. The van der Waals surface area contributed by atoms with E-state index in [0.717, 1.165) is 55.2 Å². The Labute approximate surface area is 451 Å². The molecular formula is C55H91N3O16P2. The van der Waals surface area contributed by atoms with Crippen LogP contribution in [-0.4, -0.2) is 96.9 Å². The minimum atomic E-state index is -5.46. The lowest BCUT2D eigenvalue weighted by molar-refractivity contribution is -0.161. The van der Waals surface area contributed by atoms with Gasteiger partial charge in [-0.2, -0.15) is 9.29 Å². The summed E-state index contributed by atoms with van der Waals surface area (Å²) in [7, 11) is -10.9. The summed E-state index contributed by atoms with van der Waals surface area (Å²) < 4.78 is 56.8. The molecule has 21 heteroatoms. The normalized spacial score (nSPS) is 20.1. The molecule has 2 heterocycles. The van der Waals surface area contributed by atoms with Crippen molar-refractivity contribution in [2.45, 2.75) is 212 Å². The Kier molecular flexibility index (Phi) is 37.0. The molecule has 7 N–H and O–H groups in total. The van der Waals surface area contributed by atoms with E-state index in [1.54, 1.807) is 12.2 Å². The van der Waals surface area contributed by atoms with Gasteiger partial charge in [0.2, 0.25) is 0 Å². The largest absolute Gasteiger partial charge is 0.481 e. The number of phosphoric acid groups is 2. The second-order valence-electron chi connectivity index (χ2n) is 19.2. The van der Waals surface area contributed by atoms with Crippen LogP contribution in [0.2, 0.25) is 0 Å². The third kappa shape index (κ3) is 33.5. The number of aliphatic hydroxyl groups is 3. The van der Waals surface area contributed by atoms with E-state index in [-0.39, 0.29) is 25.1 Å². The van der Waals surface area contributed by atoms with E-state index in [1.165, 1.54) is 76.7 Å². The zero-order chi connectivity index (χ0) is 55.9. The number of nitrogens with zero attached hydrogens (tertiary/aromatic N) is 2. The lowest BCUT2D eigenvalue weighted by Gasteiger charge is -2.21. The van der Waals surface area contributed by atoms with Gasteiger partial charge in [0, 0.05) is 19.0 Å². The number of hydrogen-bond donors (Lipinski definition) is 6. The Morgan fingerprint density at radius 3 is 1.96 bits per heavy atom. The van der Waals surface area contributed by atoms with E-state index in [1.807, 2.05) is 48.6 Å². The fourth-order valence-corrected chi connectivity index (χ4v) is 9.92. The van der Waals surface area contributed by atoms with Crippen LogP contribution in [0.15, 0.2) is 90.0 Å². The number of carbonyl (C=O) groups is 2. The van der Waals surface area contributed by atoms with Gasteiger partial charge in [-0.3, -0.25) is 23.2 Å². The quantitative estimate of drug-likeness (QED) is 0.0116. The minimum absolute atomic E-state index is 0.100. The molecule has 1 aliphatic rings. The molecule has 4 unspecified atom stereocenters. The van der Waals surface area contributed by atoms with Crippen molar-refractivity contribution in [3.8, 4) is 0 Å². The highest BCUT2D eigenvalue weighted by Crippen LogP contribution is 2.60. The maximum Gasteiger partial charge on any atom is 0.481 e. The molecule has 76 heavy (non-hydrogen) atoms. The van der Waals surface area contributed by atoms with Crippen molar-refractivity contribution in [1.82, 2.24) is 9.55 Å². The number of aromatic nitrogens is 2. The molecule has 1 saturated heterocycles. The van der Waals surface area contributed by atoms with E-state index in [9.17, 15) is 48.6 Å². The summed E-state index contributed by atoms with van der Waals surface area (Å²) in [5.74, 6) is -0.590. The number of hydrogen-bond acceptors (Lipinski definition) is 16. The highest BCUT2D eigenvalue weighted by molar-refractivity contribution is 7.61. The molecule has 1 aliphatic heterocycles. The average molecular weight is 1110 g/mol. The topological polar surface area (TPSA) is 286 Å². The molecule has 19 nitrogen and oxygen atoms in total. The first kappa shape index (κ1) is 68.3. The molecule has 0 radical (unpaired) electrons. The fourth-order valence-electron chi connectivity index (χ4n) is 7.81. The van der Waals surface area contributed by atoms with Gasteiger partial charge in [-0.1, -0.05) is 190 Å². The van der Waals surface area contributed by atoms with Gasteiger partial charge in [0.1, 0.15) is 30.7 Å². The Balaban J connectivity index is 1.82. The maximum atomic E-state index is 12.9. The number of rotatable bonds is 44. The van der Waals surface area contributed by atoms with Gasteiger partial charge in [0.25, 0.3) is 0 Å². The number of carbonyl (C=O) groups excluding carboxylic acids is 2. The molecule has 1 aromatic heterocycles. The van der Waals surface area contributed by atoms with E-state index in [4.69, 9.17) is 29.0 Å². The summed E-state index contributed by atoms with van der Waals surface area (Å²) in [4.78, 5) is 62.0. The molecule has 1 fully saturated rings. The fraction of sp³-hybridized carbons (Fsp3) is 0.673. The van der Waals surface area contributed by atoms with Crippen LogP contribution in [0.25, 0.3) is 0 Å². The first-order valence-electron chi connectivity index (χ1n) is 27.5. The summed E-state index contributed by atoms with van der Waals surface area (Å²) in [5.41, 5.74) is 4.58. The molecule has 9 atom stereocenters. The molecule has 0 aliphatic carbocycles. The molecule has 432 valence electrons. The Morgan fingerprint density at radius 1 is 0.750 bits per heavy atom. The molecule has 2 rings (SSSR count). The number of nitrogens with two attached hydrogens (primary N) is 1. The Morgan fingerprint density at radius 2 is 1.33 bits per heavy atom. The summed E-state index contributed by atoms with van der Waals surface area (Å²) in [6.45, 7) is 4.27. The molecule has 1 aromatic rings. The third-order valence-corrected chi connectivity index (χ3v) is 15.0. The van der Waals surface area contributed by atoms with Crippen LogP contribution in [0.1, 0.15) is 181 Å². The Bertz CT molecular complexity index is 2090. The third-order valence-electron chi connectivity index (χ3n) is 12.4. The monoisotopic (exact) mass is 1110 g/mol. The van der Waals surface area contributed by atoms with E-state index < -0.39 is 89.8 Å². The Hall–Kier alpha value is -3.84. The SMILES string of the molecule is CC/C=C\C/C=C\CC(O)/C=C/C=C\C/C=C\C/C=C\CCC(=O)O[C@H](COC(=O)CCCCCCCCCCCCCCCCC(C)CC)COP(=O)(O)OP(=O)(O)OC[C@H]1O[C@@H](n2ccc(N)nc2=O)[C@H](O)[C@@H]1O. The van der Waals surface area contributed by atoms with E-state index >= 15 is 0 Å². The van der Waals surface area contributed by atoms with Gasteiger partial charge < -0.3 is 45.1 Å². The van der Waals surface area contributed by atoms with Crippen molar-refractivity contribution in [3.63, 3.8) is 0 Å². The molecule has 0 amide bonds. The first-order chi connectivity index (χ1) is 36.5. The molecule has 0 saturated carbocycles. The van der Waals surface area contributed by atoms with Crippen LogP contribution < -0.4 is 11.4 Å². The van der Waals surface area contributed by atoms with Crippen molar-refractivity contribution < 1.29 is 71.4 Å². The van der Waals surface area contributed by atoms with Crippen LogP contribution in [0.4, 0.5) is 5.82 Å². The van der Waals surface area contributed by atoms with Crippen LogP contribution in [0, 0.1) is 5.92 Å². The molecule has 0 bridgehead atoms. The summed E-state index contributed by atoms with van der Waals surface area (Å²) >= 11 is 0. The van der Waals surface area contributed by atoms with Gasteiger partial charge in [-0.05, 0) is 56.9 Å². The van der Waals surface area contributed by atoms with E-state index in [2.05, 4.69) is 42.2 Å². The van der Waals surface area contributed by atoms with Crippen molar-refractivity contribution in [2.24, 2.45) is 5.92 Å². The van der Waals surface area contributed by atoms with Crippen LogP contribution in [0.5, 0.6) is 0 Å². The number of anilines is 1. The highest BCUT2D eigenvalue weighted by Gasteiger charge is 2.46. The minimum Gasteiger partial charge on any atom is -0.462 e. The van der Waals surface area contributed by atoms with Crippen molar-refractivity contribution in [3.05, 3.63) is 95.7 Å². The second-order valence-corrected chi connectivity index (χ2v) is 22.2. The summed E-state index contributed by atoms with van der Waals surface area (Å²) in [6.07, 6.45) is 38.7. The van der Waals surface area contributed by atoms with Crippen molar-refractivity contribution >= 4 is 33.4 Å². The molecular weight excluding hydrogens is 1020 g/mol. The lowest BCUT2D eigenvalue weighted by atomic mass is 9.99. The molecule has 0 aromatic carbocycles. The first-order valence-corrected chi connectivity index (χ1v) is 30.4. The van der Waals surface area contributed by atoms with Gasteiger partial charge in [-0.25, -0.2) is 13.9 Å². The zero-order valence-electron chi connectivity index (χ0n) is 45.3. The van der Waals surface area contributed by atoms with Crippen LogP contribution in [-0.2, 0) is 46.3 Å². The zero-order valence-corrected chi connectivity index (χ0v) is 47.1. The second kappa shape index (κ2) is 41.2. The molecule has 0 spiro atoms. The number of ether oxygens (including phenoxy) is 3. The van der Waals surface area contributed by atoms with Gasteiger partial charge in [-0.15, -0.1) is 0 Å². The van der Waals surface area contributed by atoms with Gasteiger partial charge in [0.15, 0.2) is 12.3 Å². The number of phosphoric ester groups is 2. The van der Waals surface area contributed by atoms with E-state index in [0.29, 0.717) is 25.7 Å². The maximum absolute atomic E-state index is 12.9. The van der Waals surface area contributed by atoms with Gasteiger partial charge >= 0.3 is 33.3 Å². The van der Waals surface area contributed by atoms with Crippen LogP contribution in [0.3, 0.4) is 0 Å². The number of aliphatic hydroxyl groups excluding tert-OH is 3. The summed E-state index contributed by atoms with van der Waals surface area (Å²) in [5, 5.41) is 31.0. The van der Waals surface area contributed by atoms with Crippen molar-refractivity contribution in [2.75, 3.05) is 25.6 Å². The lowest BCUT2D eigenvalue weighted by Crippen LogP contribution is -2.36. The number of allylic oxidation sites excluding steroid dienone is 10. The summed E-state index contributed by atoms with van der Waals surface area (Å²) in [6, 6.07) is 1.24. The number of unbranched alkanes of at least 4 members (excludes halogenated alkanes) is 13. The van der Waals surface area contributed by atoms with Gasteiger partial charge in [0.05, 0.1) is 19.3 Å². The number of nitrogen functional groups attached to an aromatic ring is 1. The standard InChI is InChI=1S/C55H91N3O16P2/c1-4-6-7-8-26-31-36-46(59)37-32-27-22-18-15-16-20-24-29-34-39-51(61)72-47(42-69-50(60)38-33-28-23-19-14-12-10-9-11-13-17-21-25-30-35-45(3)5-2)43-70-75(65,66)74-76(67,68)71-44-48-52(62)53(63)54(73-48)58-41-40-49(56)57-55(58)64/h6-7,15-16,22,24,26-27,29,31-32,37,40-41,45-48,52-54,59,62-63H,4-5,8-14,17-21,23,25,28,30,33-36,38-39,42-44H2,1-3H3,(H,65,66)(H,67,68)(H2,56,57,64)/b7-6-,16-15-,27-22-,29-24-,31-26-,37-32+/t45?,46?,47-,48-,52-,53-,54-/m1/s1. The average Bonchev–Trinajstić information content (AvgIpc) is 3.65. The highest BCUT2D eigenvalue weighted by atomic mass is 31.3. The van der Waals surface area contributed by atoms with Crippen LogP contribution >= 0.6 is 15.6 Å². The number of esters is 2. The van der Waals surface area contributed by atoms with Crippen molar-refractivity contribution in [1.29, 1.82) is 0 Å². The predicted molar refractivity (Wildman–Crippen MR) is 294 cm³/mol. The smallest absolute Gasteiger partial charge is 0.462 e.